The van der Waals surface area contributed by atoms with Gasteiger partial charge in [-0.3, -0.25) is 9.59 Å². The molecule has 4 aromatic rings. The van der Waals surface area contributed by atoms with E-state index in [4.69, 9.17) is 4.42 Å². The molecule has 0 atom stereocenters. The Hall–Kier alpha value is -3.53. The first kappa shape index (κ1) is 23.2. The van der Waals surface area contributed by atoms with Crippen molar-refractivity contribution in [1.82, 2.24) is 25.5 Å². The molecule has 0 saturated heterocycles. The highest BCUT2D eigenvalue weighted by Crippen LogP contribution is 2.33. The van der Waals surface area contributed by atoms with Crippen LogP contribution in [0.15, 0.2) is 62.9 Å². The Morgan fingerprint density at radius 1 is 1.11 bits per heavy atom. The highest BCUT2D eigenvalue weighted by Gasteiger charge is 2.27. The number of hydrogen-bond donors (Lipinski definition) is 2. The lowest BCUT2D eigenvalue weighted by atomic mass is 9.86. The zero-order valence-electron chi connectivity index (χ0n) is 18.9. The number of nitrogens with zero attached hydrogens (tertiary/aromatic N) is 3. The maximum Gasteiger partial charge on any atom is 0.259 e. The molecule has 2 aromatic carbocycles. The van der Waals surface area contributed by atoms with Gasteiger partial charge in [0.15, 0.2) is 5.16 Å². The largest absolute Gasteiger partial charge is 0.420 e. The van der Waals surface area contributed by atoms with Crippen LogP contribution in [0.2, 0.25) is 0 Å². The van der Waals surface area contributed by atoms with Crippen LogP contribution in [0.5, 0.6) is 0 Å². The summed E-state index contributed by atoms with van der Waals surface area (Å²) in [4.78, 5) is 31.6. The fourth-order valence-electron chi connectivity index (χ4n) is 4.28. The summed E-state index contributed by atoms with van der Waals surface area (Å²) >= 11 is 1.29. The Morgan fingerprint density at radius 2 is 1.91 bits per heavy atom. The van der Waals surface area contributed by atoms with Gasteiger partial charge in [0, 0.05) is 29.7 Å². The van der Waals surface area contributed by atoms with Gasteiger partial charge >= 0.3 is 0 Å². The third kappa shape index (κ3) is 5.59. The zero-order chi connectivity index (χ0) is 24.2. The van der Waals surface area contributed by atoms with Gasteiger partial charge in [0.25, 0.3) is 5.56 Å². The van der Waals surface area contributed by atoms with E-state index >= 15 is 0 Å². The van der Waals surface area contributed by atoms with E-state index in [9.17, 15) is 14.0 Å². The first-order chi connectivity index (χ1) is 17.0. The van der Waals surface area contributed by atoms with Gasteiger partial charge in [0.1, 0.15) is 5.82 Å². The Morgan fingerprint density at radius 3 is 2.71 bits per heavy atom. The van der Waals surface area contributed by atoms with Crippen LogP contribution in [0.4, 0.5) is 4.39 Å². The summed E-state index contributed by atoms with van der Waals surface area (Å²) in [6, 6.07) is 13.7. The van der Waals surface area contributed by atoms with Crippen LogP contribution < -0.4 is 10.9 Å². The van der Waals surface area contributed by atoms with Gasteiger partial charge in [0.05, 0.1) is 10.9 Å². The molecule has 1 fully saturated rings. The van der Waals surface area contributed by atoms with Gasteiger partial charge in [-0.1, -0.05) is 30.0 Å². The molecule has 8 nitrogen and oxygen atoms in total. The molecule has 0 spiro atoms. The maximum absolute atomic E-state index is 13.3. The van der Waals surface area contributed by atoms with E-state index in [2.05, 4.69) is 25.5 Å². The second-order valence-electron chi connectivity index (χ2n) is 8.56. The molecular formula is C25H24FN5O3S. The van der Waals surface area contributed by atoms with E-state index in [0.717, 1.165) is 31.2 Å². The molecule has 0 aliphatic heterocycles. The van der Waals surface area contributed by atoms with Crippen molar-refractivity contribution in [2.45, 2.75) is 49.2 Å². The molecule has 180 valence electrons. The lowest BCUT2D eigenvalue weighted by molar-refractivity contribution is -0.121. The second-order valence-corrected chi connectivity index (χ2v) is 9.64. The van der Waals surface area contributed by atoms with Crippen molar-refractivity contribution in [3.05, 3.63) is 70.6 Å². The maximum atomic E-state index is 13.3. The molecule has 10 heteroatoms. The molecule has 2 aromatic heterocycles. The number of aromatic amines is 1. The molecule has 1 aliphatic rings. The normalized spacial score (nSPS) is 18.0. The lowest BCUT2D eigenvalue weighted by Crippen LogP contribution is -2.37. The molecule has 0 unspecified atom stereocenters. The van der Waals surface area contributed by atoms with Gasteiger partial charge in [0.2, 0.25) is 17.7 Å². The highest BCUT2D eigenvalue weighted by atomic mass is 32.2. The molecule has 1 amide bonds. The average Bonchev–Trinajstić information content (AvgIpc) is 3.36. The quantitative estimate of drug-likeness (QED) is 0.289. The number of hydrogen-bond acceptors (Lipinski definition) is 7. The molecule has 35 heavy (non-hydrogen) atoms. The monoisotopic (exact) mass is 493 g/mol. The third-order valence-electron chi connectivity index (χ3n) is 6.12. The first-order valence-electron chi connectivity index (χ1n) is 11.6. The fraction of sp³-hybridized carbons (Fsp3) is 0.320. The zero-order valence-corrected chi connectivity index (χ0v) is 19.7. The summed E-state index contributed by atoms with van der Waals surface area (Å²) in [7, 11) is 0. The minimum Gasteiger partial charge on any atom is -0.420 e. The summed E-state index contributed by atoms with van der Waals surface area (Å²) in [6.45, 7) is 0. The van der Waals surface area contributed by atoms with Crippen molar-refractivity contribution < 1.29 is 13.6 Å². The van der Waals surface area contributed by atoms with Crippen LogP contribution >= 0.6 is 11.8 Å². The summed E-state index contributed by atoms with van der Waals surface area (Å²) in [5.41, 5.74) is 0.938. The number of benzene rings is 2. The Labute approximate surface area is 204 Å². The number of nitrogens with one attached hydrogen (secondary N) is 2. The van der Waals surface area contributed by atoms with Gasteiger partial charge in [-0.2, -0.15) is 0 Å². The van der Waals surface area contributed by atoms with Crippen molar-refractivity contribution in [1.29, 1.82) is 0 Å². The number of aromatic nitrogens is 4. The van der Waals surface area contributed by atoms with Crippen LogP contribution in [0.1, 0.15) is 43.9 Å². The second kappa shape index (κ2) is 10.4. The van der Waals surface area contributed by atoms with E-state index in [1.54, 1.807) is 0 Å². The lowest BCUT2D eigenvalue weighted by Gasteiger charge is -2.27. The predicted molar refractivity (Wildman–Crippen MR) is 131 cm³/mol. The Balaban J connectivity index is 1.08. The third-order valence-corrected chi connectivity index (χ3v) is 6.99. The number of H-pyrrole nitrogens is 1. The molecule has 2 N–H and O–H groups in total. The van der Waals surface area contributed by atoms with Gasteiger partial charge in [-0.15, -0.1) is 10.2 Å². The Bertz CT molecular complexity index is 1380. The molecule has 1 aliphatic carbocycles. The fourth-order valence-corrected chi connectivity index (χ4v) is 5.09. The number of carbonyl (C=O) groups is 1. The number of fused-ring (bicyclic) bond motifs is 1. The summed E-state index contributed by atoms with van der Waals surface area (Å²) in [5.74, 6) is 1.35. The van der Waals surface area contributed by atoms with E-state index in [0.29, 0.717) is 34.6 Å². The minimum atomic E-state index is -0.482. The van der Waals surface area contributed by atoms with Gasteiger partial charge in [-0.05, 0) is 56.0 Å². The molecule has 2 heterocycles. The minimum absolute atomic E-state index is 0.0321. The van der Waals surface area contributed by atoms with E-state index in [1.807, 2.05) is 30.3 Å². The van der Waals surface area contributed by atoms with Crippen molar-refractivity contribution in [2.24, 2.45) is 0 Å². The number of amides is 1. The van der Waals surface area contributed by atoms with Crippen molar-refractivity contribution in [3.63, 3.8) is 0 Å². The summed E-state index contributed by atoms with van der Waals surface area (Å²) in [6.07, 6.45) is 3.75. The van der Waals surface area contributed by atoms with E-state index < -0.39 is 11.4 Å². The first-order valence-corrected chi connectivity index (χ1v) is 12.5. The molecule has 5 rings (SSSR count). The standard InChI is InChI=1S/C25H24FN5O3S/c26-17-8-11-20-19(14-17)22(33)29-25(28-20)35-13-12-21(32)27-18-9-6-16(7-10-18)24-31-30-23(34-24)15-4-2-1-3-5-15/h1-5,8,11,14,16,18H,6-7,9-10,12-13H2,(H,27,32)(H,28,29,33). The molecule has 0 radical (unpaired) electrons. The van der Waals surface area contributed by atoms with Crippen LogP contribution in [-0.2, 0) is 4.79 Å². The number of thioether (sulfide) groups is 1. The average molecular weight is 494 g/mol. The topological polar surface area (TPSA) is 114 Å². The SMILES string of the molecule is O=C(CCSc1nc2ccc(F)cc2c(=O)[nH]1)NC1CCC(c2nnc(-c3ccccc3)o2)CC1. The van der Waals surface area contributed by atoms with Crippen molar-refractivity contribution in [3.8, 4) is 11.5 Å². The van der Waals surface area contributed by atoms with Crippen molar-refractivity contribution >= 4 is 28.6 Å². The molecular weight excluding hydrogens is 469 g/mol. The Kier molecular flexibility index (Phi) is 6.89. The highest BCUT2D eigenvalue weighted by molar-refractivity contribution is 7.99. The van der Waals surface area contributed by atoms with Gasteiger partial charge in [-0.25, -0.2) is 9.37 Å². The summed E-state index contributed by atoms with van der Waals surface area (Å²) < 4.78 is 19.2. The van der Waals surface area contributed by atoms with Crippen LogP contribution in [0.25, 0.3) is 22.4 Å². The van der Waals surface area contributed by atoms with E-state index in [1.165, 1.54) is 30.0 Å². The number of rotatable bonds is 7. The predicted octanol–water partition coefficient (Wildman–Crippen LogP) is 4.44. The van der Waals surface area contributed by atoms with Crippen LogP contribution in [-0.4, -0.2) is 37.9 Å². The van der Waals surface area contributed by atoms with Crippen LogP contribution in [0.3, 0.4) is 0 Å². The molecule has 1 saturated carbocycles. The number of halogens is 1. The van der Waals surface area contributed by atoms with Crippen molar-refractivity contribution in [2.75, 3.05) is 5.75 Å². The summed E-state index contributed by atoms with van der Waals surface area (Å²) in [5, 5.41) is 12.1. The molecule has 0 bridgehead atoms. The smallest absolute Gasteiger partial charge is 0.259 e. The number of carbonyl (C=O) groups excluding carboxylic acids is 1. The van der Waals surface area contributed by atoms with Gasteiger partial charge < -0.3 is 14.7 Å². The van der Waals surface area contributed by atoms with Crippen LogP contribution in [0, 0.1) is 5.82 Å². The van der Waals surface area contributed by atoms with E-state index in [-0.39, 0.29) is 23.3 Å².